The van der Waals surface area contributed by atoms with Crippen LogP contribution in [0.1, 0.15) is 11.1 Å². The second kappa shape index (κ2) is 8.03. The SMILES string of the molecule is C=Cc1ccc(S(=O)(=O)Nc2ccc(S(=O)(=O)/C=C/C#N)cc2)c(C=C)c1. The van der Waals surface area contributed by atoms with Crippen LogP contribution in [0.2, 0.25) is 0 Å². The van der Waals surface area contributed by atoms with Gasteiger partial charge in [-0.25, -0.2) is 16.8 Å². The van der Waals surface area contributed by atoms with Gasteiger partial charge in [-0.15, -0.1) is 0 Å². The summed E-state index contributed by atoms with van der Waals surface area (Å²) < 4.78 is 51.6. The van der Waals surface area contributed by atoms with E-state index in [1.54, 1.807) is 24.3 Å². The summed E-state index contributed by atoms with van der Waals surface area (Å²) in [7, 11) is -7.66. The highest BCUT2D eigenvalue weighted by Crippen LogP contribution is 2.23. The minimum Gasteiger partial charge on any atom is -0.280 e. The molecule has 2 aromatic carbocycles. The minimum atomic E-state index is -3.91. The molecule has 0 radical (unpaired) electrons. The molecule has 0 saturated carbocycles. The summed E-state index contributed by atoms with van der Waals surface area (Å²) in [6, 6.07) is 11.5. The summed E-state index contributed by atoms with van der Waals surface area (Å²) >= 11 is 0. The zero-order valence-corrected chi connectivity index (χ0v) is 15.8. The standard InChI is InChI=1S/C19H16N2O4S2/c1-3-15-6-11-19(16(4-2)14-15)27(24,25)21-17-7-9-18(10-8-17)26(22,23)13-5-12-20/h3-11,13-14,21H,1-2H2/b13-5+. The molecule has 6 nitrogen and oxygen atoms in total. The lowest BCUT2D eigenvalue weighted by Crippen LogP contribution is -2.14. The molecule has 2 aromatic rings. The molecule has 0 spiro atoms. The normalized spacial score (nSPS) is 11.7. The van der Waals surface area contributed by atoms with Crippen LogP contribution in [0.25, 0.3) is 12.2 Å². The fraction of sp³-hybridized carbons (Fsp3) is 0. The van der Waals surface area contributed by atoms with E-state index in [1.165, 1.54) is 36.4 Å². The Kier molecular flexibility index (Phi) is 6.00. The van der Waals surface area contributed by atoms with Crippen LogP contribution in [0.3, 0.4) is 0 Å². The van der Waals surface area contributed by atoms with Gasteiger partial charge in [-0.3, -0.25) is 4.72 Å². The Labute approximate surface area is 158 Å². The van der Waals surface area contributed by atoms with Gasteiger partial charge >= 0.3 is 0 Å². The van der Waals surface area contributed by atoms with Gasteiger partial charge in [-0.1, -0.05) is 31.4 Å². The maximum atomic E-state index is 12.7. The van der Waals surface area contributed by atoms with Crippen molar-refractivity contribution in [3.05, 3.63) is 78.2 Å². The molecule has 0 heterocycles. The summed E-state index contributed by atoms with van der Waals surface area (Å²) in [5.74, 6) is 0. The number of anilines is 1. The van der Waals surface area contributed by atoms with E-state index in [4.69, 9.17) is 5.26 Å². The average Bonchev–Trinajstić information content (AvgIpc) is 2.66. The van der Waals surface area contributed by atoms with E-state index in [0.717, 1.165) is 17.0 Å². The van der Waals surface area contributed by atoms with Crippen LogP contribution in [-0.2, 0) is 19.9 Å². The Morgan fingerprint density at radius 2 is 1.63 bits per heavy atom. The molecule has 138 valence electrons. The van der Waals surface area contributed by atoms with Crippen LogP contribution >= 0.6 is 0 Å². The highest BCUT2D eigenvalue weighted by atomic mass is 32.2. The number of allylic oxidation sites excluding steroid dienone is 1. The summed E-state index contributed by atoms with van der Waals surface area (Å²) in [6.07, 6.45) is 3.88. The molecular formula is C19H16N2O4S2. The van der Waals surface area contributed by atoms with Crippen molar-refractivity contribution in [2.75, 3.05) is 4.72 Å². The maximum Gasteiger partial charge on any atom is 0.262 e. The predicted molar refractivity (Wildman–Crippen MR) is 106 cm³/mol. The van der Waals surface area contributed by atoms with Crippen LogP contribution in [-0.4, -0.2) is 16.8 Å². The van der Waals surface area contributed by atoms with Crippen LogP contribution in [0.5, 0.6) is 0 Å². The molecule has 0 fully saturated rings. The van der Waals surface area contributed by atoms with Crippen molar-refractivity contribution in [3.63, 3.8) is 0 Å². The first-order valence-corrected chi connectivity index (χ1v) is 10.6. The number of nitrogens with zero attached hydrogens (tertiary/aromatic N) is 1. The fourth-order valence-corrected chi connectivity index (χ4v) is 4.39. The quantitative estimate of drug-likeness (QED) is 0.715. The molecule has 0 unspecified atom stereocenters. The maximum absolute atomic E-state index is 12.7. The number of sulfonamides is 1. The first kappa shape index (κ1) is 20.2. The van der Waals surface area contributed by atoms with Gasteiger partial charge in [0.15, 0.2) is 0 Å². The molecule has 0 atom stereocenters. The number of rotatable bonds is 7. The van der Waals surface area contributed by atoms with Crippen LogP contribution < -0.4 is 4.72 Å². The molecule has 0 bridgehead atoms. The van der Waals surface area contributed by atoms with Gasteiger partial charge < -0.3 is 0 Å². The van der Waals surface area contributed by atoms with Gasteiger partial charge in [0.1, 0.15) is 0 Å². The Balaban J connectivity index is 2.34. The smallest absolute Gasteiger partial charge is 0.262 e. The number of nitrogens with one attached hydrogen (secondary N) is 1. The first-order valence-electron chi connectivity index (χ1n) is 7.56. The second-order valence-corrected chi connectivity index (χ2v) is 8.80. The van der Waals surface area contributed by atoms with Crippen LogP contribution in [0.4, 0.5) is 5.69 Å². The van der Waals surface area contributed by atoms with E-state index in [-0.39, 0.29) is 15.5 Å². The monoisotopic (exact) mass is 400 g/mol. The van der Waals surface area contributed by atoms with Gasteiger partial charge in [0, 0.05) is 17.2 Å². The minimum absolute atomic E-state index is 0.0387. The third-order valence-electron chi connectivity index (χ3n) is 3.54. The lowest BCUT2D eigenvalue weighted by Gasteiger charge is -2.11. The van der Waals surface area contributed by atoms with E-state index in [2.05, 4.69) is 17.9 Å². The highest BCUT2D eigenvalue weighted by Gasteiger charge is 2.18. The first-order chi connectivity index (χ1) is 12.7. The zero-order chi connectivity index (χ0) is 20.1. The number of nitriles is 1. The highest BCUT2D eigenvalue weighted by molar-refractivity contribution is 7.94. The van der Waals surface area contributed by atoms with Gasteiger partial charge in [0.25, 0.3) is 10.0 Å². The summed E-state index contributed by atoms with van der Waals surface area (Å²) in [5.41, 5.74) is 1.37. The summed E-state index contributed by atoms with van der Waals surface area (Å²) in [4.78, 5) is -0.0178. The molecular weight excluding hydrogens is 384 g/mol. The molecule has 0 aromatic heterocycles. The molecule has 0 aliphatic heterocycles. The van der Waals surface area contributed by atoms with Crippen molar-refractivity contribution in [2.45, 2.75) is 9.79 Å². The van der Waals surface area contributed by atoms with E-state index >= 15 is 0 Å². The second-order valence-electron chi connectivity index (χ2n) is 5.31. The number of hydrogen-bond donors (Lipinski definition) is 1. The van der Waals surface area contributed by atoms with Crippen molar-refractivity contribution < 1.29 is 16.8 Å². The fourth-order valence-electron chi connectivity index (χ4n) is 2.22. The van der Waals surface area contributed by atoms with E-state index in [1.807, 2.05) is 0 Å². The molecule has 1 N–H and O–H groups in total. The Hall–Kier alpha value is -3.15. The lowest BCUT2D eigenvalue weighted by molar-refractivity contribution is 0.600. The van der Waals surface area contributed by atoms with Crippen molar-refractivity contribution in [1.82, 2.24) is 0 Å². The van der Waals surface area contributed by atoms with Gasteiger partial charge in [-0.2, -0.15) is 5.26 Å². The number of hydrogen-bond acceptors (Lipinski definition) is 5. The molecule has 0 aliphatic rings. The molecule has 8 heteroatoms. The summed E-state index contributed by atoms with van der Waals surface area (Å²) in [5, 5.41) is 9.22. The molecule has 0 saturated heterocycles. The Morgan fingerprint density at radius 3 is 2.19 bits per heavy atom. The Morgan fingerprint density at radius 1 is 0.963 bits per heavy atom. The van der Waals surface area contributed by atoms with E-state index in [9.17, 15) is 16.8 Å². The van der Waals surface area contributed by atoms with Crippen molar-refractivity contribution >= 4 is 37.7 Å². The largest absolute Gasteiger partial charge is 0.280 e. The molecule has 27 heavy (non-hydrogen) atoms. The Bertz CT molecular complexity index is 1160. The van der Waals surface area contributed by atoms with Gasteiger partial charge in [0.2, 0.25) is 9.84 Å². The zero-order valence-electron chi connectivity index (χ0n) is 14.2. The van der Waals surface area contributed by atoms with E-state index < -0.39 is 19.9 Å². The molecule has 0 amide bonds. The van der Waals surface area contributed by atoms with Crippen LogP contribution in [0.15, 0.2) is 76.9 Å². The number of sulfone groups is 1. The molecule has 2 rings (SSSR count). The summed E-state index contributed by atoms with van der Waals surface area (Å²) in [6.45, 7) is 7.27. The number of benzene rings is 2. The van der Waals surface area contributed by atoms with Gasteiger partial charge in [0.05, 0.1) is 15.9 Å². The molecule has 0 aliphatic carbocycles. The van der Waals surface area contributed by atoms with Crippen molar-refractivity contribution in [1.29, 1.82) is 5.26 Å². The topological polar surface area (TPSA) is 104 Å². The van der Waals surface area contributed by atoms with Crippen molar-refractivity contribution in [3.8, 4) is 6.07 Å². The lowest BCUT2D eigenvalue weighted by atomic mass is 10.1. The third kappa shape index (κ3) is 4.73. The predicted octanol–water partition coefficient (Wildman–Crippen LogP) is 3.58. The third-order valence-corrected chi connectivity index (χ3v) is 6.41. The van der Waals surface area contributed by atoms with Gasteiger partial charge in [-0.05, 0) is 47.5 Å². The van der Waals surface area contributed by atoms with Crippen LogP contribution in [0, 0.1) is 11.3 Å². The van der Waals surface area contributed by atoms with E-state index in [0.29, 0.717) is 5.56 Å². The van der Waals surface area contributed by atoms with Crippen molar-refractivity contribution in [2.24, 2.45) is 0 Å². The average molecular weight is 400 g/mol.